The SMILES string of the molecule is O=C(Nc1c(Cl)cccc1Cl)N1CCC(c2nc(-c3ccc4ccccc4n3)no2)CC1. The molecule has 162 valence electrons. The Bertz CT molecular complexity index is 1260. The van der Waals surface area contributed by atoms with E-state index in [2.05, 4.69) is 20.4 Å². The molecule has 0 spiro atoms. The van der Waals surface area contributed by atoms with Gasteiger partial charge in [0.25, 0.3) is 0 Å². The van der Waals surface area contributed by atoms with Gasteiger partial charge in [0.15, 0.2) is 0 Å². The summed E-state index contributed by atoms with van der Waals surface area (Å²) in [5.74, 6) is 1.13. The van der Waals surface area contributed by atoms with Gasteiger partial charge in [-0.3, -0.25) is 0 Å². The fourth-order valence-electron chi connectivity index (χ4n) is 3.83. The fourth-order valence-corrected chi connectivity index (χ4v) is 4.32. The molecule has 7 nitrogen and oxygen atoms in total. The van der Waals surface area contributed by atoms with Gasteiger partial charge in [-0.2, -0.15) is 4.98 Å². The molecule has 5 rings (SSSR count). The van der Waals surface area contributed by atoms with Crippen molar-refractivity contribution in [3.05, 3.63) is 70.5 Å². The van der Waals surface area contributed by atoms with Gasteiger partial charge in [-0.25, -0.2) is 9.78 Å². The fraction of sp³-hybridized carbons (Fsp3) is 0.217. The number of carbonyl (C=O) groups is 1. The van der Waals surface area contributed by atoms with Crippen LogP contribution in [0.25, 0.3) is 22.4 Å². The number of fused-ring (bicyclic) bond motifs is 1. The number of rotatable bonds is 3. The highest BCUT2D eigenvalue weighted by Gasteiger charge is 2.28. The van der Waals surface area contributed by atoms with Gasteiger partial charge in [0.1, 0.15) is 5.69 Å². The van der Waals surface area contributed by atoms with Crippen molar-refractivity contribution in [3.8, 4) is 11.5 Å². The lowest BCUT2D eigenvalue weighted by Gasteiger charge is -2.30. The molecule has 1 saturated heterocycles. The van der Waals surface area contributed by atoms with Crippen molar-refractivity contribution < 1.29 is 9.32 Å². The van der Waals surface area contributed by atoms with Crippen LogP contribution in [0, 0.1) is 0 Å². The molecule has 1 aliphatic heterocycles. The number of anilines is 1. The normalized spacial score (nSPS) is 14.6. The Morgan fingerprint density at radius 2 is 1.72 bits per heavy atom. The second-order valence-corrected chi connectivity index (χ2v) is 8.45. The zero-order chi connectivity index (χ0) is 22.1. The number of nitrogens with zero attached hydrogens (tertiary/aromatic N) is 4. The van der Waals surface area contributed by atoms with Crippen LogP contribution in [0.3, 0.4) is 0 Å². The summed E-state index contributed by atoms with van der Waals surface area (Å²) in [5.41, 5.74) is 1.98. The molecule has 2 aromatic heterocycles. The zero-order valence-electron chi connectivity index (χ0n) is 17.0. The van der Waals surface area contributed by atoms with E-state index in [1.165, 1.54) is 0 Å². The minimum atomic E-state index is -0.231. The van der Waals surface area contributed by atoms with E-state index in [4.69, 9.17) is 27.7 Å². The molecule has 1 aliphatic rings. The van der Waals surface area contributed by atoms with Gasteiger partial charge < -0.3 is 14.7 Å². The molecular weight excluding hydrogens is 449 g/mol. The number of halogens is 2. The van der Waals surface area contributed by atoms with Crippen LogP contribution in [0.15, 0.2) is 59.1 Å². The van der Waals surface area contributed by atoms with Gasteiger partial charge >= 0.3 is 6.03 Å². The monoisotopic (exact) mass is 467 g/mol. The molecule has 0 atom stereocenters. The molecule has 2 aromatic carbocycles. The molecule has 32 heavy (non-hydrogen) atoms. The first kappa shape index (κ1) is 20.7. The number of para-hydroxylation sites is 2. The summed E-state index contributed by atoms with van der Waals surface area (Å²) in [7, 11) is 0. The molecular formula is C23H19Cl2N5O2. The number of pyridine rings is 1. The minimum Gasteiger partial charge on any atom is -0.339 e. The number of piperidine rings is 1. The standard InChI is InChI=1S/C23H19Cl2N5O2/c24-16-5-3-6-17(25)20(16)27-23(31)30-12-10-15(11-13-30)22-28-21(29-32-22)19-9-8-14-4-1-2-7-18(14)26-19/h1-9,15H,10-13H2,(H,27,31). The highest BCUT2D eigenvalue weighted by Crippen LogP contribution is 2.32. The summed E-state index contributed by atoms with van der Waals surface area (Å²) in [6.45, 7) is 1.12. The number of carbonyl (C=O) groups excluding carboxylic acids is 1. The molecule has 3 heterocycles. The van der Waals surface area contributed by atoms with Crippen LogP contribution in [0.5, 0.6) is 0 Å². The molecule has 2 amide bonds. The summed E-state index contributed by atoms with van der Waals surface area (Å²) in [6.07, 6.45) is 1.44. The van der Waals surface area contributed by atoms with Crippen molar-refractivity contribution in [2.75, 3.05) is 18.4 Å². The van der Waals surface area contributed by atoms with Gasteiger partial charge in [-0.1, -0.05) is 58.7 Å². The summed E-state index contributed by atoms with van der Waals surface area (Å²) < 4.78 is 5.54. The number of aromatic nitrogens is 3. The summed E-state index contributed by atoms with van der Waals surface area (Å²) in [6, 6.07) is 16.7. The van der Waals surface area contributed by atoms with Crippen molar-refractivity contribution in [3.63, 3.8) is 0 Å². The molecule has 4 aromatic rings. The first-order valence-electron chi connectivity index (χ1n) is 10.3. The van der Waals surface area contributed by atoms with Gasteiger partial charge in [-0.15, -0.1) is 0 Å². The second kappa shape index (κ2) is 8.76. The summed E-state index contributed by atoms with van der Waals surface area (Å²) >= 11 is 12.3. The van der Waals surface area contributed by atoms with Crippen LogP contribution in [-0.2, 0) is 0 Å². The summed E-state index contributed by atoms with van der Waals surface area (Å²) in [4.78, 5) is 23.6. The summed E-state index contributed by atoms with van der Waals surface area (Å²) in [5, 5.41) is 8.80. The van der Waals surface area contributed by atoms with Crippen LogP contribution < -0.4 is 5.32 Å². The van der Waals surface area contributed by atoms with Crippen LogP contribution >= 0.6 is 23.2 Å². The molecule has 1 fully saturated rings. The molecule has 0 aliphatic carbocycles. The quantitative estimate of drug-likeness (QED) is 0.399. The van der Waals surface area contributed by atoms with E-state index in [1.807, 2.05) is 36.4 Å². The van der Waals surface area contributed by atoms with Crippen molar-refractivity contribution >= 4 is 45.8 Å². The average molecular weight is 468 g/mol. The van der Waals surface area contributed by atoms with E-state index in [0.717, 1.165) is 23.7 Å². The van der Waals surface area contributed by atoms with Crippen LogP contribution in [0.1, 0.15) is 24.7 Å². The third-order valence-electron chi connectivity index (χ3n) is 5.60. The van der Waals surface area contributed by atoms with Crippen molar-refractivity contribution in [1.29, 1.82) is 0 Å². The number of benzene rings is 2. The van der Waals surface area contributed by atoms with Crippen LogP contribution in [-0.4, -0.2) is 39.1 Å². The third-order valence-corrected chi connectivity index (χ3v) is 6.23. The molecule has 0 saturated carbocycles. The number of amides is 2. The van der Waals surface area contributed by atoms with E-state index >= 15 is 0 Å². The lowest BCUT2D eigenvalue weighted by atomic mass is 9.97. The Kier molecular flexibility index (Phi) is 5.68. The lowest BCUT2D eigenvalue weighted by Crippen LogP contribution is -2.40. The Morgan fingerprint density at radius 3 is 2.50 bits per heavy atom. The van der Waals surface area contributed by atoms with Gasteiger partial charge in [0.2, 0.25) is 11.7 Å². The molecule has 0 radical (unpaired) electrons. The molecule has 9 heteroatoms. The molecule has 1 N–H and O–H groups in total. The third kappa shape index (κ3) is 4.13. The van der Waals surface area contributed by atoms with Crippen molar-refractivity contribution in [1.82, 2.24) is 20.0 Å². The van der Waals surface area contributed by atoms with E-state index in [-0.39, 0.29) is 11.9 Å². The number of hydrogen-bond acceptors (Lipinski definition) is 5. The van der Waals surface area contributed by atoms with Gasteiger partial charge in [0, 0.05) is 24.4 Å². The highest BCUT2D eigenvalue weighted by molar-refractivity contribution is 6.39. The highest BCUT2D eigenvalue weighted by atomic mass is 35.5. The Hall–Kier alpha value is -3.16. The largest absolute Gasteiger partial charge is 0.339 e. The smallest absolute Gasteiger partial charge is 0.321 e. The molecule has 0 unspecified atom stereocenters. The second-order valence-electron chi connectivity index (χ2n) is 7.63. The molecule has 0 bridgehead atoms. The first-order valence-corrected chi connectivity index (χ1v) is 11.0. The van der Waals surface area contributed by atoms with Crippen molar-refractivity contribution in [2.45, 2.75) is 18.8 Å². The van der Waals surface area contributed by atoms with E-state index in [9.17, 15) is 4.79 Å². The lowest BCUT2D eigenvalue weighted by molar-refractivity contribution is 0.187. The first-order chi connectivity index (χ1) is 15.6. The van der Waals surface area contributed by atoms with E-state index < -0.39 is 0 Å². The number of likely N-dealkylation sites (tertiary alicyclic amines) is 1. The number of hydrogen-bond donors (Lipinski definition) is 1. The van der Waals surface area contributed by atoms with Crippen LogP contribution in [0.4, 0.5) is 10.5 Å². The van der Waals surface area contributed by atoms with Gasteiger partial charge in [-0.05, 0) is 37.1 Å². The number of urea groups is 1. The number of nitrogens with one attached hydrogen (secondary N) is 1. The maximum atomic E-state index is 12.6. The maximum absolute atomic E-state index is 12.6. The van der Waals surface area contributed by atoms with Gasteiger partial charge in [0.05, 0.1) is 21.2 Å². The predicted molar refractivity (Wildman–Crippen MR) is 124 cm³/mol. The topological polar surface area (TPSA) is 84.2 Å². The Labute approximate surface area is 194 Å². The average Bonchev–Trinajstić information content (AvgIpc) is 3.32. The van der Waals surface area contributed by atoms with Crippen molar-refractivity contribution in [2.24, 2.45) is 0 Å². The maximum Gasteiger partial charge on any atom is 0.321 e. The Balaban J connectivity index is 1.24. The Morgan fingerprint density at radius 1 is 0.969 bits per heavy atom. The van der Waals surface area contributed by atoms with Crippen LogP contribution in [0.2, 0.25) is 10.0 Å². The van der Waals surface area contributed by atoms with E-state index in [0.29, 0.717) is 46.2 Å². The van der Waals surface area contributed by atoms with E-state index in [1.54, 1.807) is 23.1 Å². The minimum absolute atomic E-state index is 0.0876. The zero-order valence-corrected chi connectivity index (χ0v) is 18.5. The predicted octanol–water partition coefficient (Wildman–Crippen LogP) is 6.00.